The average molecular weight is 303 g/mol. The summed E-state index contributed by atoms with van der Waals surface area (Å²) >= 11 is 0. The molecule has 0 aliphatic heterocycles. The van der Waals surface area contributed by atoms with Gasteiger partial charge in [-0.3, -0.25) is 0 Å². The molecular formula is C19H29NO2. The quantitative estimate of drug-likeness (QED) is 0.441. The standard InChI is InChI=1S/C19H29NO2/c1-4-6-7-11-15-20(17(3)12-5-2)19(21)22-16-18-13-9-8-10-14-18/h5,8-10,13-14,17H,2,4,6-7,11-12,15-16H2,1,3H3. The van der Waals surface area contributed by atoms with Crippen LogP contribution in [0.3, 0.4) is 0 Å². The first-order valence-electron chi connectivity index (χ1n) is 8.27. The molecule has 3 heteroatoms. The zero-order valence-electron chi connectivity index (χ0n) is 14.0. The van der Waals surface area contributed by atoms with Crippen LogP contribution >= 0.6 is 0 Å². The lowest BCUT2D eigenvalue weighted by molar-refractivity contribution is 0.0826. The second-order valence-corrected chi connectivity index (χ2v) is 5.67. The minimum Gasteiger partial charge on any atom is -0.445 e. The van der Waals surface area contributed by atoms with Crippen molar-refractivity contribution in [2.75, 3.05) is 6.54 Å². The highest BCUT2D eigenvalue weighted by atomic mass is 16.6. The van der Waals surface area contributed by atoms with Gasteiger partial charge in [0.1, 0.15) is 6.61 Å². The predicted octanol–water partition coefficient (Wildman–Crippen LogP) is 5.17. The largest absolute Gasteiger partial charge is 0.445 e. The molecular weight excluding hydrogens is 274 g/mol. The van der Waals surface area contributed by atoms with E-state index in [1.807, 2.05) is 48.2 Å². The van der Waals surface area contributed by atoms with Gasteiger partial charge in [0, 0.05) is 12.6 Å². The molecule has 0 N–H and O–H groups in total. The van der Waals surface area contributed by atoms with E-state index < -0.39 is 0 Å². The Labute approximate surface area is 135 Å². The molecule has 0 bridgehead atoms. The van der Waals surface area contributed by atoms with Gasteiger partial charge in [-0.1, -0.05) is 62.6 Å². The minimum absolute atomic E-state index is 0.127. The summed E-state index contributed by atoms with van der Waals surface area (Å²) in [4.78, 5) is 14.2. The number of benzene rings is 1. The molecule has 0 saturated heterocycles. The molecule has 1 amide bonds. The van der Waals surface area contributed by atoms with Crippen molar-refractivity contribution in [3.05, 3.63) is 48.6 Å². The van der Waals surface area contributed by atoms with Crippen LogP contribution in [0.4, 0.5) is 4.79 Å². The van der Waals surface area contributed by atoms with Crippen LogP contribution in [0.5, 0.6) is 0 Å². The van der Waals surface area contributed by atoms with Crippen molar-refractivity contribution in [1.29, 1.82) is 0 Å². The van der Waals surface area contributed by atoms with E-state index in [-0.39, 0.29) is 12.1 Å². The number of hydrogen-bond acceptors (Lipinski definition) is 2. The smallest absolute Gasteiger partial charge is 0.410 e. The second-order valence-electron chi connectivity index (χ2n) is 5.67. The van der Waals surface area contributed by atoms with Gasteiger partial charge in [-0.15, -0.1) is 6.58 Å². The van der Waals surface area contributed by atoms with Gasteiger partial charge < -0.3 is 9.64 Å². The molecule has 1 aromatic carbocycles. The molecule has 0 aliphatic carbocycles. The molecule has 3 nitrogen and oxygen atoms in total. The number of hydrogen-bond donors (Lipinski definition) is 0. The maximum absolute atomic E-state index is 12.4. The topological polar surface area (TPSA) is 29.5 Å². The van der Waals surface area contributed by atoms with Gasteiger partial charge in [0.15, 0.2) is 0 Å². The SMILES string of the molecule is C=CCC(C)N(CCCCCC)C(=O)OCc1ccccc1. The lowest BCUT2D eigenvalue weighted by Gasteiger charge is -2.28. The van der Waals surface area contributed by atoms with Crippen LogP contribution in [-0.4, -0.2) is 23.6 Å². The van der Waals surface area contributed by atoms with Gasteiger partial charge in [-0.05, 0) is 25.3 Å². The van der Waals surface area contributed by atoms with Crippen molar-refractivity contribution in [3.8, 4) is 0 Å². The average Bonchev–Trinajstić information content (AvgIpc) is 2.54. The van der Waals surface area contributed by atoms with Crippen molar-refractivity contribution in [2.45, 2.75) is 58.6 Å². The molecule has 122 valence electrons. The Morgan fingerprint density at radius 1 is 1.27 bits per heavy atom. The fourth-order valence-electron chi connectivity index (χ4n) is 2.37. The van der Waals surface area contributed by atoms with Gasteiger partial charge in [0.25, 0.3) is 0 Å². The summed E-state index contributed by atoms with van der Waals surface area (Å²) in [6.07, 6.45) is 7.00. The van der Waals surface area contributed by atoms with E-state index in [0.29, 0.717) is 6.61 Å². The number of ether oxygens (including phenoxy) is 1. The summed E-state index contributed by atoms with van der Waals surface area (Å²) in [5.74, 6) is 0. The maximum Gasteiger partial charge on any atom is 0.410 e. The number of unbranched alkanes of at least 4 members (excludes halogenated alkanes) is 3. The summed E-state index contributed by atoms with van der Waals surface area (Å²) in [6.45, 7) is 9.08. The van der Waals surface area contributed by atoms with E-state index in [2.05, 4.69) is 13.5 Å². The molecule has 0 heterocycles. The Bertz CT molecular complexity index is 430. The summed E-state index contributed by atoms with van der Waals surface area (Å²) < 4.78 is 5.47. The molecule has 1 unspecified atom stereocenters. The highest BCUT2D eigenvalue weighted by Gasteiger charge is 2.20. The lowest BCUT2D eigenvalue weighted by atomic mass is 10.1. The zero-order valence-corrected chi connectivity index (χ0v) is 14.0. The van der Waals surface area contributed by atoms with Crippen molar-refractivity contribution in [3.63, 3.8) is 0 Å². The first kappa shape index (κ1) is 18.3. The van der Waals surface area contributed by atoms with Crippen molar-refractivity contribution in [2.24, 2.45) is 0 Å². The Hall–Kier alpha value is -1.77. The van der Waals surface area contributed by atoms with E-state index in [4.69, 9.17) is 4.74 Å². The Morgan fingerprint density at radius 2 is 2.00 bits per heavy atom. The fraction of sp³-hybridized carbons (Fsp3) is 0.526. The van der Waals surface area contributed by atoms with Crippen LogP contribution in [0.25, 0.3) is 0 Å². The molecule has 0 aromatic heterocycles. The van der Waals surface area contributed by atoms with Crippen LogP contribution in [0.2, 0.25) is 0 Å². The molecule has 1 atom stereocenters. The minimum atomic E-state index is -0.227. The van der Waals surface area contributed by atoms with Gasteiger partial charge in [-0.25, -0.2) is 4.79 Å². The second kappa shape index (κ2) is 10.9. The third-order valence-electron chi connectivity index (χ3n) is 3.73. The van der Waals surface area contributed by atoms with Gasteiger partial charge in [0.05, 0.1) is 0 Å². The number of amides is 1. The van der Waals surface area contributed by atoms with Crippen molar-refractivity contribution >= 4 is 6.09 Å². The number of rotatable bonds is 10. The highest BCUT2D eigenvalue weighted by molar-refractivity contribution is 5.68. The number of carbonyl (C=O) groups excluding carboxylic acids is 1. The van der Waals surface area contributed by atoms with Crippen molar-refractivity contribution in [1.82, 2.24) is 4.90 Å². The van der Waals surface area contributed by atoms with E-state index in [1.165, 1.54) is 12.8 Å². The summed E-state index contributed by atoms with van der Waals surface area (Å²) in [7, 11) is 0. The number of nitrogens with zero attached hydrogens (tertiary/aromatic N) is 1. The van der Waals surface area contributed by atoms with Crippen LogP contribution < -0.4 is 0 Å². The monoisotopic (exact) mass is 303 g/mol. The molecule has 0 fully saturated rings. The van der Waals surface area contributed by atoms with Crippen LogP contribution in [0.15, 0.2) is 43.0 Å². The molecule has 0 aliphatic rings. The molecule has 1 aromatic rings. The van der Waals surface area contributed by atoms with E-state index in [1.54, 1.807) is 0 Å². The molecule has 0 radical (unpaired) electrons. The normalized spacial score (nSPS) is 11.7. The van der Waals surface area contributed by atoms with Gasteiger partial charge in [0.2, 0.25) is 0 Å². The molecule has 1 rings (SSSR count). The van der Waals surface area contributed by atoms with Gasteiger partial charge >= 0.3 is 6.09 Å². The molecule has 22 heavy (non-hydrogen) atoms. The first-order chi connectivity index (χ1) is 10.7. The maximum atomic E-state index is 12.4. The van der Waals surface area contributed by atoms with E-state index >= 15 is 0 Å². The predicted molar refractivity (Wildman–Crippen MR) is 91.8 cm³/mol. The highest BCUT2D eigenvalue weighted by Crippen LogP contribution is 2.12. The van der Waals surface area contributed by atoms with E-state index in [9.17, 15) is 4.79 Å². The first-order valence-corrected chi connectivity index (χ1v) is 8.27. The van der Waals surface area contributed by atoms with Crippen LogP contribution in [0, 0.1) is 0 Å². The van der Waals surface area contributed by atoms with Crippen LogP contribution in [-0.2, 0) is 11.3 Å². The van der Waals surface area contributed by atoms with Gasteiger partial charge in [-0.2, -0.15) is 0 Å². The molecule has 0 spiro atoms. The number of carbonyl (C=O) groups is 1. The summed E-state index contributed by atoms with van der Waals surface area (Å²) in [6, 6.07) is 9.91. The lowest BCUT2D eigenvalue weighted by Crippen LogP contribution is -2.39. The van der Waals surface area contributed by atoms with Crippen LogP contribution in [0.1, 0.15) is 51.5 Å². The Kier molecular flexibility index (Phi) is 9.04. The summed E-state index contributed by atoms with van der Waals surface area (Å²) in [5.41, 5.74) is 1.01. The fourth-order valence-corrected chi connectivity index (χ4v) is 2.37. The Balaban J connectivity index is 2.52. The molecule has 0 saturated carbocycles. The summed E-state index contributed by atoms with van der Waals surface area (Å²) in [5, 5.41) is 0. The third kappa shape index (κ3) is 6.79. The van der Waals surface area contributed by atoms with Crippen molar-refractivity contribution < 1.29 is 9.53 Å². The van der Waals surface area contributed by atoms with E-state index in [0.717, 1.165) is 31.4 Å². The third-order valence-corrected chi connectivity index (χ3v) is 3.73. The Morgan fingerprint density at radius 3 is 2.64 bits per heavy atom. The zero-order chi connectivity index (χ0) is 16.2.